The molecule has 1 aliphatic carbocycles. The van der Waals surface area contributed by atoms with E-state index in [1.807, 2.05) is 35.5 Å². The number of aromatic nitrogens is 4. The first kappa shape index (κ1) is 10.4. The Balaban J connectivity index is 1.71. The molecule has 1 fully saturated rings. The zero-order valence-electron chi connectivity index (χ0n) is 9.95. The van der Waals surface area contributed by atoms with Crippen molar-refractivity contribution < 1.29 is 0 Å². The summed E-state index contributed by atoms with van der Waals surface area (Å²) in [6.45, 7) is 3.05. The van der Waals surface area contributed by atoms with Crippen molar-refractivity contribution in [1.82, 2.24) is 19.3 Å². The summed E-state index contributed by atoms with van der Waals surface area (Å²) >= 11 is 0. The van der Waals surface area contributed by atoms with Crippen LogP contribution >= 0.6 is 0 Å². The van der Waals surface area contributed by atoms with E-state index in [1.165, 1.54) is 12.8 Å². The zero-order valence-corrected chi connectivity index (χ0v) is 9.95. The van der Waals surface area contributed by atoms with E-state index >= 15 is 0 Å². The molecule has 0 radical (unpaired) electrons. The topological polar surface area (TPSA) is 47.7 Å². The van der Waals surface area contributed by atoms with Crippen LogP contribution in [0.25, 0.3) is 0 Å². The van der Waals surface area contributed by atoms with Gasteiger partial charge in [0.15, 0.2) is 0 Å². The first-order valence-corrected chi connectivity index (χ1v) is 6.10. The SMILES string of the molecule is CC(Cn1cccn1)n1ccnc1NC1CC1. The van der Waals surface area contributed by atoms with Gasteiger partial charge in [0.05, 0.1) is 12.6 Å². The molecule has 5 nitrogen and oxygen atoms in total. The molecule has 3 rings (SSSR count). The fourth-order valence-electron chi connectivity index (χ4n) is 1.96. The van der Waals surface area contributed by atoms with Gasteiger partial charge in [-0.05, 0) is 25.8 Å². The third kappa shape index (κ3) is 2.33. The smallest absolute Gasteiger partial charge is 0.203 e. The van der Waals surface area contributed by atoms with E-state index in [0.717, 1.165) is 12.5 Å². The van der Waals surface area contributed by atoms with Gasteiger partial charge in [0.2, 0.25) is 5.95 Å². The summed E-state index contributed by atoms with van der Waals surface area (Å²) in [7, 11) is 0. The molecular weight excluding hydrogens is 214 g/mol. The maximum atomic E-state index is 4.37. The van der Waals surface area contributed by atoms with Crippen molar-refractivity contribution in [2.75, 3.05) is 5.32 Å². The molecule has 2 heterocycles. The molecule has 0 aliphatic heterocycles. The van der Waals surface area contributed by atoms with Crippen LogP contribution < -0.4 is 5.32 Å². The fraction of sp³-hybridized carbons (Fsp3) is 0.500. The van der Waals surface area contributed by atoms with E-state index < -0.39 is 0 Å². The van der Waals surface area contributed by atoms with Crippen LogP contribution in [0.5, 0.6) is 0 Å². The van der Waals surface area contributed by atoms with Crippen LogP contribution in [0.4, 0.5) is 5.95 Å². The third-order valence-corrected chi connectivity index (χ3v) is 3.06. The third-order valence-electron chi connectivity index (χ3n) is 3.06. The highest BCUT2D eigenvalue weighted by atomic mass is 15.3. The second kappa shape index (κ2) is 4.24. The van der Waals surface area contributed by atoms with Crippen LogP contribution in [0.1, 0.15) is 25.8 Å². The molecule has 2 aromatic heterocycles. The molecule has 1 unspecified atom stereocenters. The van der Waals surface area contributed by atoms with Crippen molar-refractivity contribution in [3.8, 4) is 0 Å². The second-order valence-electron chi connectivity index (χ2n) is 4.65. The molecule has 1 aliphatic rings. The average molecular weight is 231 g/mol. The molecule has 0 amide bonds. The number of rotatable bonds is 5. The molecule has 1 saturated carbocycles. The molecule has 2 aromatic rings. The number of hydrogen-bond donors (Lipinski definition) is 1. The molecule has 0 bridgehead atoms. The maximum absolute atomic E-state index is 4.37. The lowest BCUT2D eigenvalue weighted by atomic mass is 10.3. The highest BCUT2D eigenvalue weighted by Gasteiger charge is 2.23. The molecule has 0 spiro atoms. The van der Waals surface area contributed by atoms with Crippen molar-refractivity contribution in [2.24, 2.45) is 0 Å². The Morgan fingerprint density at radius 3 is 3.00 bits per heavy atom. The van der Waals surface area contributed by atoms with Gasteiger partial charge in [-0.25, -0.2) is 4.98 Å². The largest absolute Gasteiger partial charge is 0.353 e. The molecular formula is C12H17N5. The minimum atomic E-state index is 0.346. The van der Waals surface area contributed by atoms with Gasteiger partial charge in [-0.1, -0.05) is 0 Å². The molecule has 17 heavy (non-hydrogen) atoms. The summed E-state index contributed by atoms with van der Waals surface area (Å²) in [6.07, 6.45) is 10.2. The van der Waals surface area contributed by atoms with E-state index in [-0.39, 0.29) is 0 Å². The Bertz CT molecular complexity index is 469. The predicted octanol–water partition coefficient (Wildman–Crippen LogP) is 1.92. The number of hydrogen-bond acceptors (Lipinski definition) is 3. The van der Waals surface area contributed by atoms with Gasteiger partial charge >= 0.3 is 0 Å². The molecule has 90 valence electrons. The highest BCUT2D eigenvalue weighted by molar-refractivity contribution is 5.30. The summed E-state index contributed by atoms with van der Waals surface area (Å²) in [5.41, 5.74) is 0. The number of anilines is 1. The Morgan fingerprint density at radius 2 is 2.29 bits per heavy atom. The molecule has 1 N–H and O–H groups in total. The van der Waals surface area contributed by atoms with E-state index in [2.05, 4.69) is 26.9 Å². The minimum Gasteiger partial charge on any atom is -0.353 e. The lowest BCUT2D eigenvalue weighted by Crippen LogP contribution is -2.16. The van der Waals surface area contributed by atoms with Crippen molar-refractivity contribution in [3.05, 3.63) is 30.9 Å². The standard InChI is InChI=1S/C12H17N5/c1-10(9-16-7-2-5-14-16)17-8-6-13-12(17)15-11-3-4-11/h2,5-8,10-11H,3-4,9H2,1H3,(H,13,15). The monoisotopic (exact) mass is 231 g/mol. The van der Waals surface area contributed by atoms with Crippen LogP contribution in [0.2, 0.25) is 0 Å². The van der Waals surface area contributed by atoms with Crippen molar-refractivity contribution >= 4 is 5.95 Å². The summed E-state index contributed by atoms with van der Waals surface area (Å²) < 4.78 is 4.13. The van der Waals surface area contributed by atoms with E-state index in [0.29, 0.717) is 12.1 Å². The van der Waals surface area contributed by atoms with Crippen LogP contribution in [0.3, 0.4) is 0 Å². The molecule has 0 saturated heterocycles. The van der Waals surface area contributed by atoms with Crippen LogP contribution in [-0.4, -0.2) is 25.4 Å². The Labute approximate surface area is 100 Å². The number of nitrogens with one attached hydrogen (secondary N) is 1. The number of nitrogens with zero attached hydrogens (tertiary/aromatic N) is 4. The predicted molar refractivity (Wildman–Crippen MR) is 65.8 cm³/mol. The summed E-state index contributed by atoms with van der Waals surface area (Å²) in [5.74, 6) is 0.979. The minimum absolute atomic E-state index is 0.346. The van der Waals surface area contributed by atoms with Gasteiger partial charge in [-0.3, -0.25) is 4.68 Å². The quantitative estimate of drug-likeness (QED) is 0.855. The van der Waals surface area contributed by atoms with Crippen molar-refractivity contribution in [2.45, 2.75) is 38.4 Å². The van der Waals surface area contributed by atoms with Gasteiger partial charge in [-0.15, -0.1) is 0 Å². The van der Waals surface area contributed by atoms with Crippen LogP contribution in [0, 0.1) is 0 Å². The maximum Gasteiger partial charge on any atom is 0.203 e. The lowest BCUT2D eigenvalue weighted by Gasteiger charge is -2.16. The Hall–Kier alpha value is -1.78. The molecule has 1 atom stereocenters. The van der Waals surface area contributed by atoms with Gasteiger partial charge in [0, 0.05) is 30.8 Å². The Morgan fingerprint density at radius 1 is 1.41 bits per heavy atom. The van der Waals surface area contributed by atoms with Crippen LogP contribution in [0.15, 0.2) is 30.9 Å². The van der Waals surface area contributed by atoms with E-state index in [9.17, 15) is 0 Å². The summed E-state index contributed by atoms with van der Waals surface area (Å²) in [5, 5.41) is 7.68. The first-order chi connectivity index (χ1) is 8.33. The highest BCUT2D eigenvalue weighted by Crippen LogP contribution is 2.25. The molecule has 0 aromatic carbocycles. The van der Waals surface area contributed by atoms with Gasteiger partial charge < -0.3 is 9.88 Å². The van der Waals surface area contributed by atoms with Crippen LogP contribution in [-0.2, 0) is 6.54 Å². The zero-order chi connectivity index (χ0) is 11.7. The van der Waals surface area contributed by atoms with E-state index in [1.54, 1.807) is 0 Å². The molecule has 5 heteroatoms. The van der Waals surface area contributed by atoms with E-state index in [4.69, 9.17) is 0 Å². The normalized spacial score (nSPS) is 17.0. The first-order valence-electron chi connectivity index (χ1n) is 6.10. The average Bonchev–Trinajstić information content (AvgIpc) is 2.80. The summed E-state index contributed by atoms with van der Waals surface area (Å²) in [6, 6.07) is 2.93. The van der Waals surface area contributed by atoms with Crippen molar-refractivity contribution in [3.63, 3.8) is 0 Å². The van der Waals surface area contributed by atoms with Gasteiger partial charge in [-0.2, -0.15) is 5.10 Å². The van der Waals surface area contributed by atoms with Gasteiger partial charge in [0.1, 0.15) is 0 Å². The van der Waals surface area contributed by atoms with Gasteiger partial charge in [0.25, 0.3) is 0 Å². The van der Waals surface area contributed by atoms with Crippen molar-refractivity contribution in [1.29, 1.82) is 0 Å². The summed E-state index contributed by atoms with van der Waals surface area (Å²) in [4.78, 5) is 4.37. The second-order valence-corrected chi connectivity index (χ2v) is 4.65. The number of imidazole rings is 1. The fourth-order valence-corrected chi connectivity index (χ4v) is 1.96. The Kier molecular flexibility index (Phi) is 2.59. The lowest BCUT2D eigenvalue weighted by molar-refractivity contribution is 0.440.